The van der Waals surface area contributed by atoms with Gasteiger partial charge in [0.2, 0.25) is 14.3 Å². The highest BCUT2D eigenvalue weighted by Gasteiger charge is 2.24. The van der Waals surface area contributed by atoms with E-state index in [1.165, 1.54) is 0 Å². The van der Waals surface area contributed by atoms with Crippen molar-refractivity contribution < 1.29 is 18.8 Å². The maximum atomic E-state index is 10.0. The van der Waals surface area contributed by atoms with Crippen molar-refractivity contribution in [2.45, 2.75) is 5.85 Å². The molecule has 1 aliphatic rings. The van der Waals surface area contributed by atoms with Gasteiger partial charge >= 0.3 is 6.16 Å². The molecule has 0 saturated carbocycles. The Hall–Kier alpha value is -0.630. The first-order valence-electron chi connectivity index (χ1n) is 1.99. The molecule has 1 aliphatic heterocycles. The zero-order valence-electron chi connectivity index (χ0n) is 3.86. The smallest absolute Gasteiger partial charge is 0.429 e. The van der Waals surface area contributed by atoms with Gasteiger partial charge in [0.1, 0.15) is 6.61 Å². The second-order valence-corrected chi connectivity index (χ2v) is 2.03. The number of hydrogen-bond acceptors (Lipinski definition) is 4. The molecular weight excluding hydrogens is 131 g/mol. The largest absolute Gasteiger partial charge is 0.509 e. The SMILES string of the molecule is O=PC1COC(=O)O1. The summed E-state index contributed by atoms with van der Waals surface area (Å²) < 4.78 is 18.5. The Kier molecular flexibility index (Phi) is 1.44. The lowest BCUT2D eigenvalue weighted by atomic mass is 10.8. The summed E-state index contributed by atoms with van der Waals surface area (Å²) in [5.41, 5.74) is 0. The van der Waals surface area contributed by atoms with Gasteiger partial charge in [-0.05, 0) is 0 Å². The number of ether oxygens (including phenoxy) is 2. The Morgan fingerprint density at radius 2 is 2.50 bits per heavy atom. The Morgan fingerprint density at radius 1 is 1.75 bits per heavy atom. The van der Waals surface area contributed by atoms with Crippen LogP contribution in [0.25, 0.3) is 0 Å². The van der Waals surface area contributed by atoms with Crippen LogP contribution in [-0.4, -0.2) is 18.6 Å². The van der Waals surface area contributed by atoms with Crippen LogP contribution in [-0.2, 0) is 14.0 Å². The molecule has 0 aromatic heterocycles. The lowest BCUT2D eigenvalue weighted by Gasteiger charge is -1.87. The molecule has 1 fully saturated rings. The molecule has 1 heterocycles. The summed E-state index contributed by atoms with van der Waals surface area (Å²) in [6.07, 6.45) is -0.738. The van der Waals surface area contributed by atoms with Crippen LogP contribution in [0.5, 0.6) is 0 Å². The Bertz CT molecular complexity index is 122. The molecule has 0 aromatic carbocycles. The third-order valence-corrected chi connectivity index (χ3v) is 1.18. The molecule has 0 N–H and O–H groups in total. The normalized spacial score (nSPS) is 27.5. The maximum absolute atomic E-state index is 10.0. The second-order valence-electron chi connectivity index (χ2n) is 1.24. The highest BCUT2D eigenvalue weighted by molar-refractivity contribution is 7.24. The fraction of sp³-hybridized carbons (Fsp3) is 0.667. The van der Waals surface area contributed by atoms with E-state index in [0.717, 1.165) is 0 Å². The summed E-state index contributed by atoms with van der Waals surface area (Å²) >= 11 is 0. The van der Waals surface area contributed by atoms with Gasteiger partial charge in [0.05, 0.1) is 0 Å². The van der Waals surface area contributed by atoms with E-state index in [1.807, 2.05) is 0 Å². The van der Waals surface area contributed by atoms with Crippen molar-refractivity contribution in [3.63, 3.8) is 0 Å². The molecule has 1 unspecified atom stereocenters. The van der Waals surface area contributed by atoms with E-state index in [1.54, 1.807) is 0 Å². The zero-order valence-corrected chi connectivity index (χ0v) is 4.76. The van der Waals surface area contributed by atoms with Crippen molar-refractivity contribution in [3.8, 4) is 0 Å². The van der Waals surface area contributed by atoms with E-state index in [-0.39, 0.29) is 15.1 Å². The van der Waals surface area contributed by atoms with Gasteiger partial charge in [-0.1, -0.05) is 0 Å². The molecule has 0 bridgehead atoms. The van der Waals surface area contributed by atoms with Gasteiger partial charge in [-0.3, -0.25) is 4.57 Å². The topological polar surface area (TPSA) is 52.6 Å². The number of carbonyl (C=O) groups is 1. The fourth-order valence-electron chi connectivity index (χ4n) is 0.370. The molecular formula is C3H3O4P. The van der Waals surface area contributed by atoms with Gasteiger partial charge in [-0.2, -0.15) is 0 Å². The van der Waals surface area contributed by atoms with Crippen molar-refractivity contribution in [3.05, 3.63) is 0 Å². The lowest BCUT2D eigenvalue weighted by molar-refractivity contribution is 0.128. The number of cyclic esters (lactones) is 2. The van der Waals surface area contributed by atoms with Crippen molar-refractivity contribution in [1.82, 2.24) is 0 Å². The molecule has 1 atom stereocenters. The van der Waals surface area contributed by atoms with E-state index in [9.17, 15) is 9.36 Å². The standard InChI is InChI=1S/C3H3O4P/c4-3-6-1-2(7-3)8-5/h2H,1H2. The van der Waals surface area contributed by atoms with Crippen LogP contribution in [0.3, 0.4) is 0 Å². The molecule has 0 amide bonds. The number of hydrogen-bond donors (Lipinski definition) is 0. The summed E-state index contributed by atoms with van der Waals surface area (Å²) in [4.78, 5) is 10.0. The molecule has 0 spiro atoms. The average Bonchev–Trinajstić information content (AvgIpc) is 2.14. The van der Waals surface area contributed by atoms with Crippen molar-refractivity contribution >= 4 is 14.6 Å². The second kappa shape index (κ2) is 2.09. The molecule has 1 rings (SSSR count). The van der Waals surface area contributed by atoms with E-state index in [0.29, 0.717) is 0 Å². The summed E-state index contributed by atoms with van der Waals surface area (Å²) in [7, 11) is -0.201. The van der Waals surface area contributed by atoms with Gasteiger partial charge in [0.15, 0.2) is 0 Å². The van der Waals surface area contributed by atoms with Gasteiger partial charge < -0.3 is 9.47 Å². The van der Waals surface area contributed by atoms with Crippen LogP contribution in [0.1, 0.15) is 0 Å². The summed E-state index contributed by atoms with van der Waals surface area (Å²) in [5, 5.41) is 0. The average molecular weight is 134 g/mol. The Morgan fingerprint density at radius 3 is 2.75 bits per heavy atom. The first-order valence-corrected chi connectivity index (χ1v) is 2.87. The first kappa shape index (κ1) is 5.51. The molecule has 44 valence electrons. The van der Waals surface area contributed by atoms with Gasteiger partial charge in [0.25, 0.3) is 0 Å². The van der Waals surface area contributed by atoms with Crippen LogP contribution < -0.4 is 0 Å². The van der Waals surface area contributed by atoms with E-state index in [4.69, 9.17) is 0 Å². The quantitative estimate of drug-likeness (QED) is 0.392. The van der Waals surface area contributed by atoms with Crippen molar-refractivity contribution in [2.75, 3.05) is 6.61 Å². The fourth-order valence-corrected chi connectivity index (χ4v) is 0.635. The highest BCUT2D eigenvalue weighted by Crippen LogP contribution is 2.15. The minimum absolute atomic E-state index is 0.101. The molecule has 1 saturated heterocycles. The van der Waals surface area contributed by atoms with Crippen LogP contribution in [0.15, 0.2) is 0 Å². The minimum atomic E-state index is -0.738. The number of carbonyl (C=O) groups excluding carboxylic acids is 1. The summed E-state index contributed by atoms with van der Waals surface area (Å²) in [5.74, 6) is -0.581. The Balaban J connectivity index is 2.43. The van der Waals surface area contributed by atoms with Gasteiger partial charge in [0, 0.05) is 0 Å². The van der Waals surface area contributed by atoms with Crippen molar-refractivity contribution in [1.29, 1.82) is 0 Å². The molecule has 4 nitrogen and oxygen atoms in total. The Labute approximate surface area is 47.0 Å². The monoisotopic (exact) mass is 134 g/mol. The van der Waals surface area contributed by atoms with Crippen LogP contribution in [0.2, 0.25) is 0 Å². The number of rotatable bonds is 1. The molecule has 0 aliphatic carbocycles. The third-order valence-electron chi connectivity index (χ3n) is 0.694. The zero-order chi connectivity index (χ0) is 5.98. The van der Waals surface area contributed by atoms with Crippen LogP contribution in [0, 0.1) is 0 Å². The van der Waals surface area contributed by atoms with E-state index in [2.05, 4.69) is 9.47 Å². The predicted octanol–water partition coefficient (Wildman–Crippen LogP) is 0.771. The first-order chi connectivity index (χ1) is 3.83. The molecule has 8 heavy (non-hydrogen) atoms. The molecule has 5 heteroatoms. The van der Waals surface area contributed by atoms with E-state index < -0.39 is 12.0 Å². The van der Waals surface area contributed by atoms with Gasteiger partial charge in [-0.25, -0.2) is 4.79 Å². The van der Waals surface area contributed by atoms with Crippen molar-refractivity contribution in [2.24, 2.45) is 0 Å². The summed E-state index contributed by atoms with van der Waals surface area (Å²) in [6.45, 7) is 0.101. The van der Waals surface area contributed by atoms with Crippen LogP contribution >= 0.6 is 8.46 Å². The van der Waals surface area contributed by atoms with Gasteiger partial charge in [-0.15, -0.1) is 0 Å². The predicted molar refractivity (Wildman–Crippen MR) is 23.8 cm³/mol. The molecule has 0 aromatic rings. The molecule has 0 radical (unpaired) electrons. The summed E-state index contributed by atoms with van der Waals surface area (Å²) in [6, 6.07) is 0. The minimum Gasteiger partial charge on any atom is -0.429 e. The maximum Gasteiger partial charge on any atom is 0.509 e. The third kappa shape index (κ3) is 0.954. The highest BCUT2D eigenvalue weighted by atomic mass is 31.1. The van der Waals surface area contributed by atoms with E-state index >= 15 is 0 Å². The van der Waals surface area contributed by atoms with Crippen LogP contribution in [0.4, 0.5) is 4.79 Å². The lowest BCUT2D eigenvalue weighted by Crippen LogP contribution is -1.97.